The van der Waals surface area contributed by atoms with Gasteiger partial charge in [-0.05, 0) is 67.3 Å². The largest absolute Gasteiger partial charge is 0.372 e. The minimum Gasteiger partial charge on any atom is -0.372 e. The second-order valence-electron chi connectivity index (χ2n) is 6.27. The van der Waals surface area contributed by atoms with Crippen LogP contribution in [-0.2, 0) is 4.79 Å². The lowest BCUT2D eigenvalue weighted by atomic mass is 10.1. The number of carbonyl (C=O) groups excluding carboxylic acids is 1. The van der Waals surface area contributed by atoms with Gasteiger partial charge in [0, 0.05) is 28.9 Å². The summed E-state index contributed by atoms with van der Waals surface area (Å²) in [6.45, 7) is 2.18. The van der Waals surface area contributed by atoms with Gasteiger partial charge in [0.1, 0.15) is 11.6 Å². The van der Waals surface area contributed by atoms with Crippen molar-refractivity contribution in [1.82, 2.24) is 0 Å². The fourth-order valence-corrected chi connectivity index (χ4v) is 3.24. The molecule has 1 N–H and O–H groups in total. The Labute approximate surface area is 162 Å². The molecular weight excluding hydrogens is 390 g/mol. The summed E-state index contributed by atoms with van der Waals surface area (Å²) in [7, 11) is 0. The third-order valence-electron chi connectivity index (χ3n) is 4.39. The Kier molecular flexibility index (Phi) is 6.08. The van der Waals surface area contributed by atoms with Crippen LogP contribution in [0.3, 0.4) is 0 Å². The first-order valence-corrected chi connectivity index (χ1v) is 9.49. The van der Waals surface area contributed by atoms with Gasteiger partial charge in [-0.1, -0.05) is 28.1 Å². The van der Waals surface area contributed by atoms with Crippen molar-refractivity contribution in [3.8, 4) is 6.07 Å². The average molecular weight is 410 g/mol. The van der Waals surface area contributed by atoms with E-state index in [-0.39, 0.29) is 5.57 Å². The highest BCUT2D eigenvalue weighted by molar-refractivity contribution is 9.10. The van der Waals surface area contributed by atoms with Crippen molar-refractivity contribution in [1.29, 1.82) is 5.26 Å². The molecule has 1 aliphatic rings. The molecule has 26 heavy (non-hydrogen) atoms. The van der Waals surface area contributed by atoms with Crippen LogP contribution in [0.4, 0.5) is 11.4 Å². The summed E-state index contributed by atoms with van der Waals surface area (Å²) in [5.74, 6) is -0.407. The fraction of sp³-hybridized carbons (Fsp3) is 0.238. The number of nitrogens with zero attached hydrogens (tertiary/aromatic N) is 2. The molecule has 2 aromatic carbocycles. The lowest BCUT2D eigenvalue weighted by Gasteiger charge is -2.28. The van der Waals surface area contributed by atoms with E-state index in [1.165, 1.54) is 24.9 Å². The van der Waals surface area contributed by atoms with Gasteiger partial charge in [-0.25, -0.2) is 0 Å². The number of hydrogen-bond acceptors (Lipinski definition) is 3. The molecule has 0 atom stereocenters. The quantitative estimate of drug-likeness (QED) is 0.571. The first kappa shape index (κ1) is 18.2. The number of amides is 1. The van der Waals surface area contributed by atoms with Crippen LogP contribution < -0.4 is 10.2 Å². The molecule has 1 aliphatic heterocycles. The van der Waals surface area contributed by atoms with E-state index >= 15 is 0 Å². The van der Waals surface area contributed by atoms with Gasteiger partial charge in [0.15, 0.2) is 0 Å². The van der Waals surface area contributed by atoms with E-state index in [4.69, 9.17) is 0 Å². The normalized spacial score (nSPS) is 14.6. The molecule has 0 aliphatic carbocycles. The lowest BCUT2D eigenvalue weighted by Crippen LogP contribution is -2.29. The summed E-state index contributed by atoms with van der Waals surface area (Å²) in [4.78, 5) is 14.7. The number of piperidine rings is 1. The second-order valence-corrected chi connectivity index (χ2v) is 7.19. The van der Waals surface area contributed by atoms with Crippen LogP contribution in [0.1, 0.15) is 24.8 Å². The molecule has 4 nitrogen and oxygen atoms in total. The van der Waals surface area contributed by atoms with Crippen LogP contribution in [0.5, 0.6) is 0 Å². The van der Waals surface area contributed by atoms with E-state index in [0.717, 1.165) is 23.1 Å². The van der Waals surface area contributed by atoms with Crippen molar-refractivity contribution in [3.63, 3.8) is 0 Å². The van der Waals surface area contributed by atoms with Gasteiger partial charge in [-0.15, -0.1) is 0 Å². The highest BCUT2D eigenvalue weighted by atomic mass is 79.9. The number of nitrogens with one attached hydrogen (secondary N) is 1. The standard InChI is InChI=1S/C21H20BrN3O/c22-18-6-8-19(9-7-18)24-21(26)17(15-23)14-16-4-10-20(11-5-16)25-12-2-1-3-13-25/h4-11,14H,1-3,12-13H2,(H,24,26)/b17-14-. The lowest BCUT2D eigenvalue weighted by molar-refractivity contribution is -0.112. The molecule has 0 unspecified atom stereocenters. The number of carbonyl (C=O) groups is 1. The Morgan fingerprint density at radius 3 is 2.31 bits per heavy atom. The van der Waals surface area contributed by atoms with E-state index in [1.807, 2.05) is 30.3 Å². The maximum atomic E-state index is 12.3. The van der Waals surface area contributed by atoms with Crippen molar-refractivity contribution < 1.29 is 4.79 Å². The molecule has 0 radical (unpaired) electrons. The number of rotatable bonds is 4. The van der Waals surface area contributed by atoms with Crippen molar-refractivity contribution >= 4 is 39.3 Å². The molecule has 5 heteroatoms. The van der Waals surface area contributed by atoms with Gasteiger partial charge in [0.05, 0.1) is 0 Å². The molecule has 1 heterocycles. The van der Waals surface area contributed by atoms with Crippen molar-refractivity contribution in [2.45, 2.75) is 19.3 Å². The van der Waals surface area contributed by atoms with Crippen LogP contribution in [0.2, 0.25) is 0 Å². The molecule has 3 rings (SSSR count). The van der Waals surface area contributed by atoms with E-state index in [9.17, 15) is 10.1 Å². The minimum absolute atomic E-state index is 0.0821. The second kappa shape index (κ2) is 8.68. The summed E-state index contributed by atoms with van der Waals surface area (Å²) >= 11 is 3.35. The van der Waals surface area contributed by atoms with Crippen LogP contribution >= 0.6 is 15.9 Å². The van der Waals surface area contributed by atoms with Gasteiger partial charge < -0.3 is 10.2 Å². The summed E-state index contributed by atoms with van der Waals surface area (Å²) in [5.41, 5.74) is 2.77. The van der Waals surface area contributed by atoms with Crippen molar-refractivity contribution in [3.05, 3.63) is 64.1 Å². The SMILES string of the molecule is N#C/C(=C/c1ccc(N2CCCCC2)cc1)C(=O)Nc1ccc(Br)cc1. The molecule has 2 aromatic rings. The molecule has 0 aromatic heterocycles. The number of nitriles is 1. The predicted molar refractivity (Wildman–Crippen MR) is 109 cm³/mol. The van der Waals surface area contributed by atoms with Crippen molar-refractivity contribution in [2.24, 2.45) is 0 Å². The zero-order valence-corrected chi connectivity index (χ0v) is 16.0. The number of hydrogen-bond donors (Lipinski definition) is 1. The third kappa shape index (κ3) is 4.74. The summed E-state index contributed by atoms with van der Waals surface area (Å²) in [6, 6.07) is 17.2. The minimum atomic E-state index is -0.407. The highest BCUT2D eigenvalue weighted by Gasteiger charge is 2.12. The van der Waals surface area contributed by atoms with E-state index in [1.54, 1.807) is 18.2 Å². The first-order valence-electron chi connectivity index (χ1n) is 8.69. The van der Waals surface area contributed by atoms with Crippen LogP contribution in [0, 0.1) is 11.3 Å². The van der Waals surface area contributed by atoms with E-state index < -0.39 is 5.91 Å². The molecule has 1 saturated heterocycles. The fourth-order valence-electron chi connectivity index (χ4n) is 2.98. The Hall–Kier alpha value is -2.58. The van der Waals surface area contributed by atoms with Gasteiger partial charge in [0.25, 0.3) is 5.91 Å². The molecule has 1 amide bonds. The van der Waals surface area contributed by atoms with Crippen LogP contribution in [0.15, 0.2) is 58.6 Å². The maximum absolute atomic E-state index is 12.3. The Balaban J connectivity index is 1.70. The zero-order chi connectivity index (χ0) is 18.4. The number of anilines is 2. The van der Waals surface area contributed by atoms with Gasteiger partial charge in [0.2, 0.25) is 0 Å². The molecule has 0 bridgehead atoms. The van der Waals surface area contributed by atoms with E-state index in [2.05, 4.69) is 38.3 Å². The molecule has 132 valence electrons. The maximum Gasteiger partial charge on any atom is 0.266 e. The van der Waals surface area contributed by atoms with Gasteiger partial charge >= 0.3 is 0 Å². The molecule has 0 spiro atoms. The zero-order valence-electron chi connectivity index (χ0n) is 14.4. The summed E-state index contributed by atoms with van der Waals surface area (Å²) in [5, 5.41) is 12.1. The number of benzene rings is 2. The summed E-state index contributed by atoms with van der Waals surface area (Å²) < 4.78 is 0.931. The van der Waals surface area contributed by atoms with Gasteiger partial charge in [-0.3, -0.25) is 4.79 Å². The van der Waals surface area contributed by atoms with Crippen LogP contribution in [0.25, 0.3) is 6.08 Å². The Bertz CT molecular complexity index is 829. The molecule has 0 saturated carbocycles. The Morgan fingerprint density at radius 1 is 1.04 bits per heavy atom. The van der Waals surface area contributed by atoms with Crippen LogP contribution in [-0.4, -0.2) is 19.0 Å². The van der Waals surface area contributed by atoms with E-state index in [0.29, 0.717) is 5.69 Å². The molecule has 1 fully saturated rings. The summed E-state index contributed by atoms with van der Waals surface area (Å²) in [6.07, 6.45) is 5.39. The average Bonchev–Trinajstić information content (AvgIpc) is 2.69. The monoisotopic (exact) mass is 409 g/mol. The number of halogens is 1. The smallest absolute Gasteiger partial charge is 0.266 e. The Morgan fingerprint density at radius 2 is 1.69 bits per heavy atom. The van der Waals surface area contributed by atoms with Gasteiger partial charge in [-0.2, -0.15) is 5.26 Å². The van der Waals surface area contributed by atoms with Crippen molar-refractivity contribution in [2.75, 3.05) is 23.3 Å². The topological polar surface area (TPSA) is 56.1 Å². The first-order chi connectivity index (χ1) is 12.7. The molecular formula is C21H20BrN3O. The third-order valence-corrected chi connectivity index (χ3v) is 4.92. The highest BCUT2D eigenvalue weighted by Crippen LogP contribution is 2.21. The predicted octanol–water partition coefficient (Wildman–Crippen LogP) is 4.99.